The van der Waals surface area contributed by atoms with Crippen molar-refractivity contribution in [1.29, 1.82) is 0 Å². The van der Waals surface area contributed by atoms with E-state index in [1.54, 1.807) is 6.26 Å². The summed E-state index contributed by atoms with van der Waals surface area (Å²) in [7, 11) is 0. The molecule has 1 heterocycles. The molecule has 3 heteroatoms. The van der Waals surface area contributed by atoms with Gasteiger partial charge in [0.2, 0.25) is 5.89 Å². The van der Waals surface area contributed by atoms with Gasteiger partial charge in [0.05, 0.1) is 5.69 Å². The number of hydrogen-bond acceptors (Lipinski definition) is 2. The van der Waals surface area contributed by atoms with Gasteiger partial charge in [-0.3, -0.25) is 0 Å². The number of aryl methyl sites for hydroxylation is 1. The Morgan fingerprint density at radius 2 is 2.40 bits per heavy atom. The van der Waals surface area contributed by atoms with Crippen LogP contribution in [0.1, 0.15) is 24.4 Å². The fraction of sp³-hybridized carbons (Fsp3) is 0.571. The molecule has 1 aromatic rings. The second-order valence-corrected chi connectivity index (χ2v) is 4.28. The van der Waals surface area contributed by atoms with E-state index >= 15 is 0 Å². The van der Waals surface area contributed by atoms with Crippen molar-refractivity contribution in [3.8, 4) is 0 Å². The van der Waals surface area contributed by atoms with Gasteiger partial charge in [-0.15, -0.1) is 0 Å². The van der Waals surface area contributed by atoms with Crippen molar-refractivity contribution in [2.45, 2.75) is 24.1 Å². The van der Waals surface area contributed by atoms with Crippen LogP contribution in [-0.4, -0.2) is 4.98 Å². The van der Waals surface area contributed by atoms with Crippen LogP contribution in [0.15, 0.2) is 10.7 Å². The minimum atomic E-state index is 0.0985. The van der Waals surface area contributed by atoms with E-state index in [0.29, 0.717) is 0 Å². The first-order valence-electron chi connectivity index (χ1n) is 3.32. The second kappa shape index (κ2) is 1.84. The molecule has 1 saturated carbocycles. The molecule has 0 radical (unpaired) electrons. The van der Waals surface area contributed by atoms with E-state index in [9.17, 15) is 0 Å². The smallest absolute Gasteiger partial charge is 0.211 e. The van der Waals surface area contributed by atoms with Crippen molar-refractivity contribution >= 4 is 15.9 Å². The van der Waals surface area contributed by atoms with Crippen LogP contribution in [0.25, 0.3) is 0 Å². The quantitative estimate of drug-likeness (QED) is 0.653. The van der Waals surface area contributed by atoms with Gasteiger partial charge in [0, 0.05) is 0 Å². The fourth-order valence-electron chi connectivity index (χ4n) is 0.883. The monoisotopic (exact) mass is 201 g/mol. The largest absolute Gasteiger partial charge is 0.447 e. The average molecular weight is 202 g/mol. The van der Waals surface area contributed by atoms with Crippen molar-refractivity contribution in [2.75, 3.05) is 0 Å². The number of hydrogen-bond donors (Lipinski definition) is 0. The predicted molar refractivity (Wildman–Crippen MR) is 41.1 cm³/mol. The minimum absolute atomic E-state index is 0.0985. The maximum absolute atomic E-state index is 5.23. The molecule has 0 saturated heterocycles. The highest BCUT2D eigenvalue weighted by Crippen LogP contribution is 2.53. The maximum atomic E-state index is 5.23. The third-order valence-corrected chi connectivity index (χ3v) is 2.82. The lowest BCUT2D eigenvalue weighted by Gasteiger charge is -1.96. The second-order valence-electron chi connectivity index (χ2n) is 2.76. The third-order valence-electron chi connectivity index (χ3n) is 1.69. The summed E-state index contributed by atoms with van der Waals surface area (Å²) in [6.45, 7) is 1.94. The summed E-state index contributed by atoms with van der Waals surface area (Å²) in [5.74, 6) is 0.838. The first kappa shape index (κ1) is 6.40. The summed E-state index contributed by atoms with van der Waals surface area (Å²) in [5, 5.41) is 0. The first-order chi connectivity index (χ1) is 4.71. The van der Waals surface area contributed by atoms with Crippen LogP contribution in [-0.2, 0) is 4.32 Å². The van der Waals surface area contributed by atoms with Gasteiger partial charge in [-0.25, -0.2) is 4.98 Å². The Hall–Kier alpha value is -0.310. The molecule has 2 rings (SSSR count). The van der Waals surface area contributed by atoms with E-state index in [-0.39, 0.29) is 4.32 Å². The van der Waals surface area contributed by atoms with Crippen LogP contribution in [0.5, 0.6) is 0 Å². The Morgan fingerprint density at radius 1 is 1.70 bits per heavy atom. The molecule has 0 amide bonds. The number of oxazole rings is 1. The summed E-state index contributed by atoms with van der Waals surface area (Å²) in [6, 6.07) is 0. The third kappa shape index (κ3) is 0.888. The molecule has 0 atom stereocenters. The Kier molecular flexibility index (Phi) is 1.18. The van der Waals surface area contributed by atoms with Crippen LogP contribution in [0, 0.1) is 6.92 Å². The highest BCUT2D eigenvalue weighted by molar-refractivity contribution is 9.09. The van der Waals surface area contributed by atoms with Gasteiger partial charge < -0.3 is 4.42 Å². The molecule has 1 fully saturated rings. The van der Waals surface area contributed by atoms with Crippen LogP contribution in [0.3, 0.4) is 0 Å². The van der Waals surface area contributed by atoms with Crippen molar-refractivity contribution in [2.24, 2.45) is 0 Å². The van der Waals surface area contributed by atoms with Gasteiger partial charge in [-0.1, -0.05) is 15.9 Å². The fourth-order valence-corrected chi connectivity index (χ4v) is 1.26. The van der Waals surface area contributed by atoms with Crippen LogP contribution in [0.2, 0.25) is 0 Å². The van der Waals surface area contributed by atoms with Crippen LogP contribution in [0.4, 0.5) is 0 Å². The molecular weight excluding hydrogens is 194 g/mol. The highest BCUT2D eigenvalue weighted by Gasteiger charge is 2.46. The first-order valence-corrected chi connectivity index (χ1v) is 4.11. The molecule has 1 aromatic heterocycles. The Morgan fingerprint density at radius 3 is 2.80 bits per heavy atom. The Bertz CT molecular complexity index is 252. The molecule has 2 nitrogen and oxygen atoms in total. The van der Waals surface area contributed by atoms with Gasteiger partial charge in [-0.05, 0) is 19.8 Å². The molecule has 0 N–H and O–H groups in total. The van der Waals surface area contributed by atoms with Gasteiger partial charge in [0.1, 0.15) is 10.6 Å². The van der Waals surface area contributed by atoms with E-state index in [1.807, 2.05) is 6.92 Å². The van der Waals surface area contributed by atoms with Crippen molar-refractivity contribution < 1.29 is 4.42 Å². The summed E-state index contributed by atoms with van der Waals surface area (Å²) in [4.78, 5) is 4.23. The Balaban J connectivity index is 2.34. The van der Waals surface area contributed by atoms with Gasteiger partial charge in [0.15, 0.2) is 0 Å². The molecule has 1 aliphatic rings. The molecule has 0 unspecified atom stereocenters. The van der Waals surface area contributed by atoms with E-state index in [0.717, 1.165) is 24.4 Å². The minimum Gasteiger partial charge on any atom is -0.447 e. The number of nitrogens with zero attached hydrogens (tertiary/aromatic N) is 1. The van der Waals surface area contributed by atoms with E-state index < -0.39 is 0 Å². The molecule has 0 aliphatic heterocycles. The average Bonchev–Trinajstić information content (AvgIpc) is 2.45. The topological polar surface area (TPSA) is 26.0 Å². The molecule has 0 spiro atoms. The van der Waals surface area contributed by atoms with E-state index in [4.69, 9.17) is 4.42 Å². The maximum Gasteiger partial charge on any atom is 0.211 e. The number of rotatable bonds is 1. The zero-order valence-corrected chi connectivity index (χ0v) is 7.31. The van der Waals surface area contributed by atoms with Crippen LogP contribution < -0.4 is 0 Å². The van der Waals surface area contributed by atoms with E-state index in [1.165, 1.54) is 0 Å². The molecular formula is C7H8BrNO. The summed E-state index contributed by atoms with van der Waals surface area (Å²) >= 11 is 3.55. The summed E-state index contributed by atoms with van der Waals surface area (Å²) < 4.78 is 5.33. The van der Waals surface area contributed by atoms with Gasteiger partial charge >= 0.3 is 0 Å². The highest BCUT2D eigenvalue weighted by atomic mass is 79.9. The summed E-state index contributed by atoms with van der Waals surface area (Å²) in [5.41, 5.74) is 0.959. The number of halogens is 1. The Labute approximate surface area is 67.8 Å². The lowest BCUT2D eigenvalue weighted by molar-refractivity contribution is 0.488. The zero-order valence-electron chi connectivity index (χ0n) is 5.72. The van der Waals surface area contributed by atoms with E-state index in [2.05, 4.69) is 20.9 Å². The van der Waals surface area contributed by atoms with Crippen molar-refractivity contribution in [3.05, 3.63) is 17.8 Å². The molecule has 10 heavy (non-hydrogen) atoms. The van der Waals surface area contributed by atoms with Gasteiger partial charge in [-0.2, -0.15) is 0 Å². The van der Waals surface area contributed by atoms with Crippen molar-refractivity contribution in [3.63, 3.8) is 0 Å². The SMILES string of the molecule is Cc1coc(C2(Br)CC2)n1. The lowest BCUT2D eigenvalue weighted by Crippen LogP contribution is -1.94. The number of aromatic nitrogens is 1. The molecule has 54 valence electrons. The molecule has 1 aliphatic carbocycles. The molecule has 0 aromatic carbocycles. The summed E-state index contributed by atoms with van der Waals surface area (Å²) in [6.07, 6.45) is 3.98. The van der Waals surface area contributed by atoms with Crippen molar-refractivity contribution in [1.82, 2.24) is 4.98 Å². The standard InChI is InChI=1S/C7H8BrNO/c1-5-4-10-6(9-5)7(8)2-3-7/h4H,2-3H2,1H3. The normalized spacial score (nSPS) is 21.0. The number of alkyl halides is 1. The molecule has 0 bridgehead atoms. The lowest BCUT2D eigenvalue weighted by atomic mass is 10.4. The zero-order chi connectivity index (χ0) is 7.19. The van der Waals surface area contributed by atoms with Crippen LogP contribution >= 0.6 is 15.9 Å². The van der Waals surface area contributed by atoms with Gasteiger partial charge in [0.25, 0.3) is 0 Å². The predicted octanol–water partition coefficient (Wildman–Crippen LogP) is 2.37.